The minimum absolute atomic E-state index is 0.155. The van der Waals surface area contributed by atoms with E-state index in [1.54, 1.807) is 12.3 Å². The van der Waals surface area contributed by atoms with Gasteiger partial charge in [-0.15, -0.1) is 0 Å². The number of nitrogens with one attached hydrogen (secondary N) is 1. The number of hydrogen-bond donors (Lipinski definition) is 2. The number of pyridine rings is 2. The summed E-state index contributed by atoms with van der Waals surface area (Å²) in [6.07, 6.45) is 3.78. The Morgan fingerprint density at radius 2 is 1.93 bits per heavy atom. The van der Waals surface area contributed by atoms with Crippen molar-refractivity contribution in [1.82, 2.24) is 9.72 Å². The Hall–Kier alpha value is -2.92. The third-order valence-electron chi connectivity index (χ3n) is 5.31. The van der Waals surface area contributed by atoms with Crippen LogP contribution in [0.1, 0.15) is 45.8 Å². The van der Waals surface area contributed by atoms with Crippen molar-refractivity contribution in [2.24, 2.45) is 0 Å². The summed E-state index contributed by atoms with van der Waals surface area (Å²) in [4.78, 5) is 24.2. The fourth-order valence-corrected chi connectivity index (χ4v) is 3.77. The molecule has 2 aromatic heterocycles. The van der Waals surface area contributed by atoms with Gasteiger partial charge >= 0.3 is 5.97 Å². The molecule has 5 heteroatoms. The Morgan fingerprint density at radius 3 is 2.52 bits per heavy atom. The molecule has 0 radical (unpaired) electrons. The minimum atomic E-state index is -1.17. The van der Waals surface area contributed by atoms with Crippen molar-refractivity contribution >= 4 is 11.5 Å². The van der Waals surface area contributed by atoms with Crippen LogP contribution in [0.4, 0.5) is 0 Å². The fraction of sp³-hybridized carbons (Fsp3) is 0.273. The Morgan fingerprint density at radius 1 is 1.22 bits per heavy atom. The van der Waals surface area contributed by atoms with Crippen LogP contribution in [0.15, 0.2) is 47.4 Å². The van der Waals surface area contributed by atoms with Crippen LogP contribution in [-0.4, -0.2) is 22.5 Å². The number of rotatable bonds is 5. The van der Waals surface area contributed by atoms with Crippen LogP contribution >= 0.6 is 0 Å². The first-order valence-electron chi connectivity index (χ1n) is 9.17. The number of carboxylic acids is 1. The highest BCUT2D eigenvalue weighted by atomic mass is 16.4. The first-order chi connectivity index (χ1) is 13.0. The predicted molar refractivity (Wildman–Crippen MR) is 106 cm³/mol. The van der Waals surface area contributed by atoms with Crippen molar-refractivity contribution in [2.75, 3.05) is 7.05 Å². The van der Waals surface area contributed by atoms with E-state index in [4.69, 9.17) is 0 Å². The molecular formula is C22H22N2O3. The van der Waals surface area contributed by atoms with Crippen LogP contribution in [0.3, 0.4) is 0 Å². The van der Waals surface area contributed by atoms with Gasteiger partial charge in [0.15, 0.2) is 0 Å². The molecule has 2 heterocycles. The Balaban J connectivity index is 1.93. The summed E-state index contributed by atoms with van der Waals surface area (Å²) in [5, 5.41) is 12.5. The van der Waals surface area contributed by atoms with Gasteiger partial charge in [0.2, 0.25) is 0 Å². The third-order valence-corrected chi connectivity index (χ3v) is 5.31. The number of aryl methyl sites for hydroxylation is 1. The minimum Gasteiger partial charge on any atom is -0.477 e. The van der Waals surface area contributed by atoms with Gasteiger partial charge in [-0.3, -0.25) is 9.20 Å². The molecule has 1 aliphatic rings. The Kier molecular flexibility index (Phi) is 4.32. The first kappa shape index (κ1) is 17.5. The lowest BCUT2D eigenvalue weighted by molar-refractivity contribution is 0.0694. The van der Waals surface area contributed by atoms with Crippen molar-refractivity contribution < 1.29 is 9.90 Å². The fourth-order valence-electron chi connectivity index (χ4n) is 3.77. The van der Waals surface area contributed by atoms with Crippen molar-refractivity contribution in [2.45, 2.75) is 32.2 Å². The number of aromatic nitrogens is 1. The molecule has 1 aromatic carbocycles. The van der Waals surface area contributed by atoms with Gasteiger partial charge in [-0.25, -0.2) is 4.79 Å². The maximum atomic E-state index is 12.7. The Labute approximate surface area is 157 Å². The van der Waals surface area contributed by atoms with Gasteiger partial charge in [0.1, 0.15) is 5.56 Å². The smallest absolute Gasteiger partial charge is 0.341 e. The van der Waals surface area contributed by atoms with Gasteiger partial charge < -0.3 is 10.4 Å². The van der Waals surface area contributed by atoms with E-state index in [1.807, 2.05) is 20.0 Å². The van der Waals surface area contributed by atoms with E-state index in [1.165, 1.54) is 9.96 Å². The molecule has 27 heavy (non-hydrogen) atoms. The summed E-state index contributed by atoms with van der Waals surface area (Å²) in [6, 6.07) is 11.9. The summed E-state index contributed by atoms with van der Waals surface area (Å²) in [6.45, 7) is 2.83. The van der Waals surface area contributed by atoms with E-state index in [9.17, 15) is 14.7 Å². The molecule has 0 spiro atoms. The number of aromatic carboxylic acids is 1. The van der Waals surface area contributed by atoms with Gasteiger partial charge in [0.25, 0.3) is 5.56 Å². The van der Waals surface area contributed by atoms with Crippen molar-refractivity contribution in [3.63, 3.8) is 0 Å². The van der Waals surface area contributed by atoms with Gasteiger partial charge in [-0.1, -0.05) is 24.3 Å². The molecule has 0 aliphatic heterocycles. The normalized spacial score (nSPS) is 13.9. The monoisotopic (exact) mass is 362 g/mol. The largest absolute Gasteiger partial charge is 0.477 e. The molecule has 0 amide bonds. The highest BCUT2D eigenvalue weighted by Crippen LogP contribution is 2.43. The lowest BCUT2D eigenvalue weighted by Gasteiger charge is -2.15. The molecule has 0 bridgehead atoms. The van der Waals surface area contributed by atoms with Gasteiger partial charge in [-0.2, -0.15) is 0 Å². The molecule has 1 fully saturated rings. The van der Waals surface area contributed by atoms with Gasteiger partial charge in [0, 0.05) is 12.7 Å². The number of benzene rings is 1. The molecule has 138 valence electrons. The van der Waals surface area contributed by atoms with Crippen molar-refractivity contribution in [3.8, 4) is 11.1 Å². The number of fused-ring (bicyclic) bond motifs is 1. The van der Waals surface area contributed by atoms with Crippen molar-refractivity contribution in [1.29, 1.82) is 0 Å². The molecule has 0 atom stereocenters. The zero-order chi connectivity index (χ0) is 19.1. The highest BCUT2D eigenvalue weighted by Gasteiger charge is 2.29. The maximum Gasteiger partial charge on any atom is 0.341 e. The van der Waals surface area contributed by atoms with Crippen LogP contribution in [0.2, 0.25) is 0 Å². The molecular weight excluding hydrogens is 340 g/mol. The zero-order valence-electron chi connectivity index (χ0n) is 15.5. The average molecular weight is 362 g/mol. The molecule has 3 aromatic rings. The predicted octanol–water partition coefficient (Wildman–Crippen LogP) is 3.57. The van der Waals surface area contributed by atoms with Crippen LogP contribution in [0.25, 0.3) is 16.6 Å². The molecule has 5 nitrogen and oxygen atoms in total. The molecule has 0 unspecified atom stereocenters. The van der Waals surface area contributed by atoms with E-state index >= 15 is 0 Å². The third kappa shape index (κ3) is 3.04. The second-order valence-corrected chi connectivity index (χ2v) is 7.20. The number of carboxylic acid groups (broad SMARTS) is 1. The highest BCUT2D eigenvalue weighted by molar-refractivity contribution is 5.89. The quantitative estimate of drug-likeness (QED) is 0.728. The zero-order valence-corrected chi connectivity index (χ0v) is 15.5. The van der Waals surface area contributed by atoms with Crippen LogP contribution in [0, 0.1) is 6.92 Å². The van der Waals surface area contributed by atoms with E-state index in [0.29, 0.717) is 5.92 Å². The van der Waals surface area contributed by atoms with Crippen LogP contribution in [0.5, 0.6) is 0 Å². The summed E-state index contributed by atoms with van der Waals surface area (Å²) in [5.74, 6) is -0.830. The standard InChI is InChI=1S/C22H22N2O3/c1-13-17(15-5-3-14(4-6-15)12-23-2)9-10-24-20(13)18(16-7-8-16)11-19(21(24)25)22(26)27/h3-6,9-11,16,23H,7-8,12H2,1-2H3,(H,26,27). The molecule has 1 aliphatic carbocycles. The van der Waals surface area contributed by atoms with Crippen molar-refractivity contribution in [3.05, 3.63) is 75.2 Å². The van der Waals surface area contributed by atoms with Crippen LogP contribution in [-0.2, 0) is 6.54 Å². The van der Waals surface area contributed by atoms with Gasteiger partial charge in [0.05, 0.1) is 5.52 Å². The average Bonchev–Trinajstić information content (AvgIpc) is 3.48. The SMILES string of the molecule is CNCc1ccc(-c2ccn3c(=O)c(C(=O)O)cc(C4CC4)c3c2C)cc1. The van der Waals surface area contributed by atoms with Crippen LogP contribution < -0.4 is 10.9 Å². The molecule has 2 N–H and O–H groups in total. The topological polar surface area (TPSA) is 70.8 Å². The maximum absolute atomic E-state index is 12.7. The van der Waals surface area contributed by atoms with E-state index in [2.05, 4.69) is 29.6 Å². The molecule has 0 saturated heterocycles. The molecule has 4 rings (SSSR count). The first-order valence-corrected chi connectivity index (χ1v) is 9.17. The lowest BCUT2D eigenvalue weighted by atomic mass is 9.96. The summed E-state index contributed by atoms with van der Waals surface area (Å²) >= 11 is 0. The second-order valence-electron chi connectivity index (χ2n) is 7.20. The summed E-state index contributed by atoms with van der Waals surface area (Å²) in [5.41, 5.74) is 5.57. The molecule has 1 saturated carbocycles. The van der Waals surface area contributed by atoms with E-state index in [0.717, 1.165) is 47.2 Å². The van der Waals surface area contributed by atoms with E-state index in [-0.39, 0.29) is 5.56 Å². The number of carbonyl (C=O) groups is 1. The van der Waals surface area contributed by atoms with E-state index < -0.39 is 11.5 Å². The summed E-state index contributed by atoms with van der Waals surface area (Å²) in [7, 11) is 1.92. The lowest BCUT2D eigenvalue weighted by Crippen LogP contribution is -2.23. The van der Waals surface area contributed by atoms with Gasteiger partial charge in [-0.05, 0) is 72.7 Å². The second kappa shape index (κ2) is 6.67. The number of hydrogen-bond acceptors (Lipinski definition) is 3. The summed E-state index contributed by atoms with van der Waals surface area (Å²) < 4.78 is 1.51. The number of nitrogens with zero attached hydrogens (tertiary/aromatic N) is 1. The Bertz CT molecular complexity index is 1090.